The van der Waals surface area contributed by atoms with E-state index in [0.29, 0.717) is 11.4 Å². The van der Waals surface area contributed by atoms with E-state index in [1.54, 1.807) is 24.3 Å². The number of methoxy groups -OCH3 is 4. The molecule has 2 aliphatic heterocycles. The number of carbonyl (C=O) groups is 4. The highest BCUT2D eigenvalue weighted by atomic mass is 31.2. The summed E-state index contributed by atoms with van der Waals surface area (Å²) in [6.07, 6.45) is -5.14. The van der Waals surface area contributed by atoms with Gasteiger partial charge in [0.15, 0.2) is 0 Å². The van der Waals surface area contributed by atoms with Crippen LogP contribution in [0.1, 0.15) is 0 Å². The van der Waals surface area contributed by atoms with Gasteiger partial charge in [0.1, 0.15) is 0 Å². The molecule has 2 saturated heterocycles. The molecular formula is C18H22N2O12P2. The molecule has 14 nitrogen and oxygen atoms in total. The number of anilines is 2. The molecular weight excluding hydrogens is 498 g/mol. The molecule has 0 aromatic heterocycles. The highest BCUT2D eigenvalue weighted by Gasteiger charge is 2.49. The molecule has 2 heterocycles. The Morgan fingerprint density at radius 1 is 0.647 bits per heavy atom. The minimum Gasteiger partial charge on any atom is -0.467 e. The van der Waals surface area contributed by atoms with Crippen LogP contribution in [0.5, 0.6) is 0 Å². The first kappa shape index (κ1) is 26.0. The number of ether oxygens (including phenoxy) is 4. The number of hydrogen-bond donors (Lipinski definition) is 2. The van der Waals surface area contributed by atoms with Crippen molar-refractivity contribution in [1.29, 1.82) is 0 Å². The second kappa shape index (κ2) is 11.7. The van der Waals surface area contributed by atoms with Crippen molar-refractivity contribution in [2.45, 2.75) is 24.4 Å². The Kier molecular flexibility index (Phi) is 8.95. The van der Waals surface area contributed by atoms with Gasteiger partial charge in [-0.05, 0) is 18.2 Å². The summed E-state index contributed by atoms with van der Waals surface area (Å²) in [6, 6.07) is 6.65. The number of esters is 4. The van der Waals surface area contributed by atoms with Crippen molar-refractivity contribution in [2.75, 3.05) is 38.6 Å². The first-order chi connectivity index (χ1) is 16.3. The van der Waals surface area contributed by atoms with Gasteiger partial charge < -0.3 is 29.1 Å². The van der Waals surface area contributed by atoms with Crippen LogP contribution in [0.15, 0.2) is 24.3 Å². The summed E-state index contributed by atoms with van der Waals surface area (Å²) in [4.78, 5) is 47.7. The van der Waals surface area contributed by atoms with Crippen LogP contribution in [0.25, 0.3) is 0 Å². The molecule has 0 aliphatic carbocycles. The zero-order valence-corrected chi connectivity index (χ0v) is 20.2. The summed E-state index contributed by atoms with van der Waals surface area (Å²) in [5.74, 6) is -3.12. The molecule has 34 heavy (non-hydrogen) atoms. The molecule has 2 N–H and O–H groups in total. The van der Waals surface area contributed by atoms with E-state index < -0.39 is 65.3 Å². The second-order valence-electron chi connectivity index (χ2n) is 6.52. The first-order valence-corrected chi connectivity index (χ1v) is 11.9. The Bertz CT molecular complexity index is 817. The van der Waals surface area contributed by atoms with E-state index in [1.165, 1.54) is 0 Å². The van der Waals surface area contributed by atoms with Crippen LogP contribution < -0.4 is 10.2 Å². The lowest BCUT2D eigenvalue weighted by Crippen LogP contribution is -2.38. The monoisotopic (exact) mass is 520 g/mol. The number of rotatable bonds is 8. The Labute approximate surface area is 196 Å². The summed E-state index contributed by atoms with van der Waals surface area (Å²) in [5, 5.41) is 5.88. The van der Waals surface area contributed by atoms with Gasteiger partial charge in [-0.25, -0.2) is 19.2 Å². The van der Waals surface area contributed by atoms with Crippen molar-refractivity contribution in [3.63, 3.8) is 0 Å². The van der Waals surface area contributed by atoms with Crippen molar-refractivity contribution in [3.8, 4) is 0 Å². The van der Waals surface area contributed by atoms with Crippen molar-refractivity contribution in [2.24, 2.45) is 0 Å². The van der Waals surface area contributed by atoms with Crippen LogP contribution in [0.4, 0.5) is 11.4 Å². The van der Waals surface area contributed by atoms with Crippen molar-refractivity contribution in [1.82, 2.24) is 0 Å². The van der Waals surface area contributed by atoms with Crippen LogP contribution >= 0.6 is 17.1 Å². The van der Waals surface area contributed by atoms with E-state index in [1.807, 2.05) is 0 Å². The van der Waals surface area contributed by atoms with E-state index in [9.17, 15) is 19.2 Å². The standard InChI is InChI=1S/C18H22N2O12P2/c1-25-15(21)11-12(16(22)26-2)30-33(29-11)19-9-6-5-7-10(8-9)20-34-31-13(17(23)27-3)14(32-34)18(24)28-4/h5-8,11-14,19-20H,1-4H3/t11-,12-,13-,14-/m1/s1. The number of carbonyl (C=O) groups excluding carboxylic acids is 4. The number of benzene rings is 1. The Morgan fingerprint density at radius 2 is 0.941 bits per heavy atom. The van der Waals surface area contributed by atoms with Gasteiger partial charge in [0, 0.05) is 11.4 Å². The normalized spacial score (nSPS) is 24.8. The highest BCUT2D eigenvalue weighted by Crippen LogP contribution is 2.51. The molecule has 1 aromatic carbocycles. The maximum atomic E-state index is 11.9. The summed E-state index contributed by atoms with van der Waals surface area (Å²) < 4.78 is 40.7. The summed E-state index contributed by atoms with van der Waals surface area (Å²) in [5.41, 5.74) is 0.988. The fourth-order valence-corrected chi connectivity index (χ4v) is 5.41. The third-order valence-electron chi connectivity index (χ3n) is 4.42. The third kappa shape index (κ3) is 5.90. The van der Waals surface area contributed by atoms with E-state index in [4.69, 9.17) is 18.1 Å². The van der Waals surface area contributed by atoms with Gasteiger partial charge in [-0.3, -0.25) is 18.1 Å². The molecule has 2 fully saturated rings. The maximum Gasteiger partial charge on any atom is 0.338 e. The molecule has 4 atom stereocenters. The molecule has 2 aliphatic rings. The van der Waals surface area contributed by atoms with Gasteiger partial charge in [-0.1, -0.05) is 6.07 Å². The van der Waals surface area contributed by atoms with Crippen LogP contribution in [0, 0.1) is 0 Å². The lowest BCUT2D eigenvalue weighted by molar-refractivity contribution is -0.160. The SMILES string of the molecule is COC(=O)[C@@H]1OP(Nc2cccc(NP3O[C@@H](C(=O)OC)[C@H](C(=O)OC)O3)c2)O[C@H]1C(=O)OC. The fraction of sp³-hybridized carbons (Fsp3) is 0.444. The zero-order chi connectivity index (χ0) is 24.8. The van der Waals surface area contributed by atoms with E-state index in [0.717, 1.165) is 28.4 Å². The highest BCUT2D eigenvalue weighted by molar-refractivity contribution is 7.49. The summed E-state index contributed by atoms with van der Waals surface area (Å²) in [7, 11) is 0.843. The largest absolute Gasteiger partial charge is 0.467 e. The quantitative estimate of drug-likeness (QED) is 0.285. The minimum atomic E-state index is -1.90. The minimum absolute atomic E-state index is 0.494. The van der Waals surface area contributed by atoms with E-state index >= 15 is 0 Å². The van der Waals surface area contributed by atoms with Gasteiger partial charge in [0.25, 0.3) is 17.1 Å². The van der Waals surface area contributed by atoms with E-state index in [-0.39, 0.29) is 0 Å². The number of nitrogens with one attached hydrogen (secondary N) is 2. The van der Waals surface area contributed by atoms with Crippen molar-refractivity contribution < 1.29 is 56.2 Å². The Morgan fingerprint density at radius 3 is 1.21 bits per heavy atom. The van der Waals surface area contributed by atoms with Crippen LogP contribution in [-0.4, -0.2) is 76.7 Å². The van der Waals surface area contributed by atoms with Gasteiger partial charge in [0.05, 0.1) is 28.4 Å². The van der Waals surface area contributed by atoms with Gasteiger partial charge in [0.2, 0.25) is 24.4 Å². The molecule has 1 aromatic rings. The molecule has 186 valence electrons. The lowest BCUT2D eigenvalue weighted by Gasteiger charge is -2.15. The molecule has 0 spiro atoms. The molecule has 16 heteroatoms. The second-order valence-corrected chi connectivity index (χ2v) is 8.83. The average molecular weight is 520 g/mol. The smallest absolute Gasteiger partial charge is 0.338 e. The van der Waals surface area contributed by atoms with Crippen molar-refractivity contribution >= 4 is 52.3 Å². The predicted molar refractivity (Wildman–Crippen MR) is 115 cm³/mol. The van der Waals surface area contributed by atoms with Crippen LogP contribution in [0.2, 0.25) is 0 Å². The fourth-order valence-electron chi connectivity index (χ4n) is 2.79. The molecule has 0 saturated carbocycles. The average Bonchev–Trinajstić information content (AvgIpc) is 3.46. The Balaban J connectivity index is 1.66. The maximum absolute atomic E-state index is 11.9. The number of hydrogen-bond acceptors (Lipinski definition) is 14. The molecule has 0 radical (unpaired) electrons. The van der Waals surface area contributed by atoms with Gasteiger partial charge >= 0.3 is 23.9 Å². The predicted octanol–water partition coefficient (Wildman–Crippen LogP) is 1.22. The first-order valence-electron chi connectivity index (χ1n) is 9.53. The van der Waals surface area contributed by atoms with Crippen LogP contribution in [-0.2, 0) is 56.2 Å². The van der Waals surface area contributed by atoms with Crippen molar-refractivity contribution in [3.05, 3.63) is 24.3 Å². The summed E-state index contributed by atoms with van der Waals surface area (Å²) >= 11 is 0. The molecule has 0 bridgehead atoms. The van der Waals surface area contributed by atoms with Gasteiger partial charge in [-0.15, -0.1) is 0 Å². The summed E-state index contributed by atoms with van der Waals surface area (Å²) in [6.45, 7) is 0. The lowest BCUT2D eigenvalue weighted by atomic mass is 10.2. The molecule has 3 rings (SSSR count). The molecule has 0 amide bonds. The Hall–Kier alpha value is -2.60. The van der Waals surface area contributed by atoms with Gasteiger partial charge in [-0.2, -0.15) is 0 Å². The van der Waals surface area contributed by atoms with Crippen LogP contribution in [0.3, 0.4) is 0 Å². The third-order valence-corrected chi connectivity index (χ3v) is 6.98. The van der Waals surface area contributed by atoms with E-state index in [2.05, 4.69) is 29.1 Å². The molecule has 0 unspecified atom stereocenters. The topological polar surface area (TPSA) is 166 Å². The zero-order valence-electron chi connectivity index (χ0n) is 18.4.